The van der Waals surface area contributed by atoms with E-state index in [9.17, 15) is 9.18 Å². The summed E-state index contributed by atoms with van der Waals surface area (Å²) in [7, 11) is 0. The van der Waals surface area contributed by atoms with Gasteiger partial charge < -0.3 is 10.0 Å². The van der Waals surface area contributed by atoms with Crippen LogP contribution in [-0.4, -0.2) is 15.9 Å². The van der Waals surface area contributed by atoms with Crippen LogP contribution in [0, 0.1) is 5.82 Å². The molecular formula is C11H9ClFNO2. The van der Waals surface area contributed by atoms with Gasteiger partial charge in [-0.1, -0.05) is 17.7 Å². The number of carbonyl (C=O) groups is 1. The maximum absolute atomic E-state index is 12.8. The van der Waals surface area contributed by atoms with Gasteiger partial charge >= 0.3 is 0 Å². The Hall–Kier alpha value is -1.55. The highest BCUT2D eigenvalue weighted by atomic mass is 35.5. The van der Waals surface area contributed by atoms with E-state index in [4.69, 9.17) is 16.7 Å². The van der Waals surface area contributed by atoms with Gasteiger partial charge in [-0.15, -0.1) is 0 Å². The Labute approximate surface area is 96.7 Å². The van der Waals surface area contributed by atoms with Crippen LogP contribution < -0.4 is 0 Å². The zero-order valence-corrected chi connectivity index (χ0v) is 9.04. The number of hydrogen-bond donors (Lipinski definition) is 1. The van der Waals surface area contributed by atoms with Crippen molar-refractivity contribution < 1.29 is 14.3 Å². The van der Waals surface area contributed by atoms with Gasteiger partial charge in [0.05, 0.1) is 13.0 Å². The molecule has 0 saturated heterocycles. The molecular weight excluding hydrogens is 233 g/mol. The minimum absolute atomic E-state index is 0.0127. The van der Waals surface area contributed by atoms with Gasteiger partial charge in [0.25, 0.3) is 0 Å². The predicted octanol–water partition coefficient (Wildman–Crippen LogP) is 2.61. The number of amides is 1. The summed E-state index contributed by atoms with van der Waals surface area (Å²) < 4.78 is 12.8. The molecule has 0 atom stereocenters. The molecule has 1 heterocycles. The van der Waals surface area contributed by atoms with Gasteiger partial charge in [-0.3, -0.25) is 4.79 Å². The zero-order valence-electron chi connectivity index (χ0n) is 8.28. The molecule has 0 spiro atoms. The summed E-state index contributed by atoms with van der Waals surface area (Å²) >= 11 is 5.83. The second-order valence-corrected chi connectivity index (χ2v) is 3.96. The minimum Gasteiger partial charge on any atom is -0.510 e. The van der Waals surface area contributed by atoms with Crippen molar-refractivity contribution in [2.24, 2.45) is 0 Å². The summed E-state index contributed by atoms with van der Waals surface area (Å²) in [5.74, 6) is -0.582. The Bertz CT molecular complexity index is 473. The third kappa shape index (κ3) is 2.17. The molecule has 1 aliphatic rings. The molecule has 1 N–H and O–H groups in total. The lowest BCUT2D eigenvalue weighted by atomic mass is 10.2. The van der Waals surface area contributed by atoms with Gasteiger partial charge in [-0.05, 0) is 17.7 Å². The van der Waals surface area contributed by atoms with Crippen molar-refractivity contribution in [2.75, 3.05) is 0 Å². The van der Waals surface area contributed by atoms with Crippen molar-refractivity contribution in [2.45, 2.75) is 13.0 Å². The maximum atomic E-state index is 12.8. The average Bonchev–Trinajstić information content (AvgIpc) is 2.50. The Kier molecular flexibility index (Phi) is 2.83. The van der Waals surface area contributed by atoms with Gasteiger partial charge in [-0.25, -0.2) is 4.39 Å². The fraction of sp³-hybridized carbons (Fsp3) is 0.182. The molecule has 3 nitrogen and oxygen atoms in total. The Balaban J connectivity index is 2.18. The summed E-state index contributed by atoms with van der Waals surface area (Å²) in [5, 5.41) is 9.44. The molecule has 0 bridgehead atoms. The first-order valence-corrected chi connectivity index (χ1v) is 5.07. The van der Waals surface area contributed by atoms with Crippen LogP contribution >= 0.6 is 11.6 Å². The fourth-order valence-electron chi connectivity index (χ4n) is 1.52. The molecule has 1 aliphatic heterocycles. The Morgan fingerprint density at radius 1 is 1.50 bits per heavy atom. The summed E-state index contributed by atoms with van der Waals surface area (Å²) in [5.41, 5.74) is 0.641. The van der Waals surface area contributed by atoms with Crippen molar-refractivity contribution in [3.8, 4) is 0 Å². The summed E-state index contributed by atoms with van der Waals surface area (Å²) in [6.07, 6.45) is 1.38. The molecule has 0 unspecified atom stereocenters. The molecule has 0 radical (unpaired) electrons. The molecule has 1 aromatic rings. The van der Waals surface area contributed by atoms with E-state index in [2.05, 4.69) is 0 Å². The molecule has 5 heteroatoms. The van der Waals surface area contributed by atoms with Crippen molar-refractivity contribution in [1.29, 1.82) is 0 Å². The summed E-state index contributed by atoms with van der Waals surface area (Å²) in [6.45, 7) is 0.238. The van der Waals surface area contributed by atoms with E-state index in [-0.39, 0.29) is 29.7 Å². The van der Waals surface area contributed by atoms with Crippen LogP contribution in [0.25, 0.3) is 0 Å². The number of hydrogen-bond acceptors (Lipinski definition) is 2. The lowest BCUT2D eigenvalue weighted by molar-refractivity contribution is -0.127. The minimum atomic E-state index is -0.417. The molecule has 0 aliphatic carbocycles. The largest absolute Gasteiger partial charge is 0.510 e. The molecule has 0 aromatic heterocycles. The van der Waals surface area contributed by atoms with Crippen molar-refractivity contribution in [3.63, 3.8) is 0 Å². The number of halogens is 2. The number of benzene rings is 1. The van der Waals surface area contributed by atoms with Crippen molar-refractivity contribution in [1.82, 2.24) is 4.90 Å². The maximum Gasteiger partial charge on any atom is 0.234 e. The highest BCUT2D eigenvalue weighted by Gasteiger charge is 2.21. The standard InChI is InChI=1S/C11H9ClFNO2/c12-10-3-8(13)2-1-7(10)5-14-6-9(15)4-11(14)16/h1-3,6,15H,4-5H2. The molecule has 1 amide bonds. The fourth-order valence-corrected chi connectivity index (χ4v) is 1.75. The SMILES string of the molecule is O=C1CC(O)=CN1Cc1ccc(F)cc1Cl. The zero-order chi connectivity index (χ0) is 11.7. The highest BCUT2D eigenvalue weighted by molar-refractivity contribution is 6.31. The van der Waals surface area contributed by atoms with E-state index in [1.165, 1.54) is 29.3 Å². The Morgan fingerprint density at radius 2 is 2.25 bits per heavy atom. The van der Waals surface area contributed by atoms with Gasteiger partial charge in [0.1, 0.15) is 11.6 Å². The first kappa shape index (κ1) is 11.0. The van der Waals surface area contributed by atoms with Crippen LogP contribution in [0.2, 0.25) is 5.02 Å². The van der Waals surface area contributed by atoms with E-state index in [1.54, 1.807) is 0 Å². The summed E-state index contributed by atoms with van der Waals surface area (Å²) in [6, 6.07) is 4.00. The predicted molar refractivity (Wildman–Crippen MR) is 57.3 cm³/mol. The first-order chi connectivity index (χ1) is 7.56. The summed E-state index contributed by atoms with van der Waals surface area (Å²) in [4.78, 5) is 12.7. The number of carbonyl (C=O) groups excluding carboxylic acids is 1. The average molecular weight is 242 g/mol. The van der Waals surface area contributed by atoms with E-state index in [0.29, 0.717) is 5.56 Å². The van der Waals surface area contributed by atoms with Crippen molar-refractivity contribution >= 4 is 17.5 Å². The molecule has 0 saturated carbocycles. The second kappa shape index (κ2) is 4.14. The van der Waals surface area contributed by atoms with Crippen LogP contribution in [0.15, 0.2) is 30.2 Å². The number of rotatable bonds is 2. The lowest BCUT2D eigenvalue weighted by Crippen LogP contribution is -2.20. The molecule has 0 fully saturated rings. The third-order valence-corrected chi connectivity index (χ3v) is 2.67. The molecule has 84 valence electrons. The monoisotopic (exact) mass is 241 g/mol. The molecule has 2 rings (SSSR count). The van der Waals surface area contributed by atoms with E-state index < -0.39 is 5.82 Å². The van der Waals surface area contributed by atoms with Gasteiger partial charge in [0.2, 0.25) is 5.91 Å². The third-order valence-electron chi connectivity index (χ3n) is 2.31. The quantitative estimate of drug-likeness (QED) is 0.865. The molecule has 16 heavy (non-hydrogen) atoms. The van der Waals surface area contributed by atoms with E-state index >= 15 is 0 Å². The smallest absolute Gasteiger partial charge is 0.234 e. The van der Waals surface area contributed by atoms with Crippen LogP contribution in [-0.2, 0) is 11.3 Å². The topological polar surface area (TPSA) is 40.5 Å². The van der Waals surface area contributed by atoms with Crippen LogP contribution in [0.1, 0.15) is 12.0 Å². The number of aliphatic hydroxyl groups excluding tert-OH is 1. The lowest BCUT2D eigenvalue weighted by Gasteiger charge is -2.13. The normalized spacial score (nSPS) is 15.5. The highest BCUT2D eigenvalue weighted by Crippen LogP contribution is 2.22. The number of aliphatic hydroxyl groups is 1. The van der Waals surface area contributed by atoms with Gasteiger partial charge in [0.15, 0.2) is 0 Å². The van der Waals surface area contributed by atoms with Gasteiger partial charge in [0, 0.05) is 11.2 Å². The van der Waals surface area contributed by atoms with Crippen LogP contribution in [0.4, 0.5) is 4.39 Å². The van der Waals surface area contributed by atoms with Crippen molar-refractivity contribution in [3.05, 3.63) is 46.6 Å². The van der Waals surface area contributed by atoms with Crippen LogP contribution in [0.5, 0.6) is 0 Å². The first-order valence-electron chi connectivity index (χ1n) is 4.69. The van der Waals surface area contributed by atoms with E-state index in [1.807, 2.05) is 0 Å². The second-order valence-electron chi connectivity index (χ2n) is 3.55. The Morgan fingerprint density at radius 3 is 2.81 bits per heavy atom. The molecule has 1 aromatic carbocycles. The van der Waals surface area contributed by atoms with E-state index in [0.717, 1.165) is 0 Å². The van der Waals surface area contributed by atoms with Crippen LogP contribution in [0.3, 0.4) is 0 Å². The number of nitrogens with zero attached hydrogens (tertiary/aromatic N) is 1. The van der Waals surface area contributed by atoms with Gasteiger partial charge in [-0.2, -0.15) is 0 Å².